The first-order valence-electron chi connectivity index (χ1n) is 6.86. The van der Waals surface area contributed by atoms with Crippen molar-refractivity contribution in [2.75, 3.05) is 13.1 Å². The Hall–Kier alpha value is -0.160. The lowest BCUT2D eigenvalue weighted by molar-refractivity contribution is 0.480. The standard InChI is InChI=1S/C16H19Br2NS/c1-2-19-11-13(10-16-15(18)6-7-20-16)8-12-4-3-5-14(17)9-12/h3-7,9,13,19H,2,8,10-11H2,1H3. The van der Waals surface area contributed by atoms with E-state index in [-0.39, 0.29) is 0 Å². The fourth-order valence-corrected chi connectivity index (χ4v) is 4.37. The molecule has 0 bridgehead atoms. The van der Waals surface area contributed by atoms with E-state index in [9.17, 15) is 0 Å². The van der Waals surface area contributed by atoms with Gasteiger partial charge in [-0.2, -0.15) is 0 Å². The van der Waals surface area contributed by atoms with E-state index in [1.165, 1.54) is 14.9 Å². The second-order valence-electron chi connectivity index (χ2n) is 4.90. The molecule has 0 aliphatic rings. The monoisotopic (exact) mass is 415 g/mol. The van der Waals surface area contributed by atoms with Crippen LogP contribution in [0.2, 0.25) is 0 Å². The van der Waals surface area contributed by atoms with E-state index in [1.807, 2.05) is 11.3 Å². The van der Waals surface area contributed by atoms with Crippen LogP contribution in [0.4, 0.5) is 0 Å². The van der Waals surface area contributed by atoms with Gasteiger partial charge < -0.3 is 5.32 Å². The summed E-state index contributed by atoms with van der Waals surface area (Å²) in [6.07, 6.45) is 2.23. The van der Waals surface area contributed by atoms with Crippen LogP contribution in [0, 0.1) is 5.92 Å². The Morgan fingerprint density at radius 3 is 2.70 bits per heavy atom. The van der Waals surface area contributed by atoms with Gasteiger partial charge in [0.05, 0.1) is 0 Å². The molecule has 1 nitrogen and oxygen atoms in total. The summed E-state index contributed by atoms with van der Waals surface area (Å²) >= 11 is 9.04. The van der Waals surface area contributed by atoms with E-state index in [4.69, 9.17) is 0 Å². The zero-order chi connectivity index (χ0) is 14.4. The molecular formula is C16H19Br2NS. The van der Waals surface area contributed by atoms with Crippen molar-refractivity contribution < 1.29 is 0 Å². The predicted molar refractivity (Wildman–Crippen MR) is 95.6 cm³/mol. The Morgan fingerprint density at radius 1 is 1.20 bits per heavy atom. The molecule has 1 aromatic heterocycles. The minimum Gasteiger partial charge on any atom is -0.317 e. The van der Waals surface area contributed by atoms with Crippen molar-refractivity contribution in [2.45, 2.75) is 19.8 Å². The quantitative estimate of drug-likeness (QED) is 0.646. The van der Waals surface area contributed by atoms with Gasteiger partial charge in [-0.1, -0.05) is 35.0 Å². The minimum absolute atomic E-state index is 0.624. The maximum absolute atomic E-state index is 3.64. The third-order valence-electron chi connectivity index (χ3n) is 3.26. The van der Waals surface area contributed by atoms with Crippen molar-refractivity contribution in [2.24, 2.45) is 5.92 Å². The highest BCUT2D eigenvalue weighted by Crippen LogP contribution is 2.27. The Bertz CT molecular complexity index is 539. The average molecular weight is 417 g/mol. The van der Waals surface area contributed by atoms with Gasteiger partial charge in [-0.25, -0.2) is 0 Å². The second-order valence-corrected chi connectivity index (χ2v) is 7.67. The molecule has 2 rings (SSSR count). The summed E-state index contributed by atoms with van der Waals surface area (Å²) in [4.78, 5) is 1.45. The predicted octanol–water partition coefficient (Wildman–Crippen LogP) is 5.28. The molecule has 0 saturated carbocycles. The van der Waals surface area contributed by atoms with Crippen molar-refractivity contribution in [3.8, 4) is 0 Å². The summed E-state index contributed by atoms with van der Waals surface area (Å²) in [5.74, 6) is 0.624. The number of benzene rings is 1. The summed E-state index contributed by atoms with van der Waals surface area (Å²) in [6, 6.07) is 10.8. The molecular weight excluding hydrogens is 398 g/mol. The number of hydrogen-bond donors (Lipinski definition) is 1. The number of hydrogen-bond acceptors (Lipinski definition) is 2. The highest BCUT2D eigenvalue weighted by Gasteiger charge is 2.13. The lowest BCUT2D eigenvalue weighted by Crippen LogP contribution is -2.25. The van der Waals surface area contributed by atoms with E-state index in [0.717, 1.165) is 30.4 Å². The van der Waals surface area contributed by atoms with Crippen molar-refractivity contribution in [3.63, 3.8) is 0 Å². The van der Waals surface area contributed by atoms with Gasteiger partial charge in [-0.3, -0.25) is 0 Å². The van der Waals surface area contributed by atoms with E-state index in [0.29, 0.717) is 5.92 Å². The van der Waals surface area contributed by atoms with Gasteiger partial charge in [0.15, 0.2) is 0 Å². The molecule has 0 saturated heterocycles. The Kier molecular flexibility index (Phi) is 6.75. The van der Waals surface area contributed by atoms with Crippen LogP contribution in [0.25, 0.3) is 0 Å². The SMILES string of the molecule is CCNCC(Cc1cccc(Br)c1)Cc1sccc1Br. The molecule has 1 heterocycles. The summed E-state index contributed by atoms with van der Waals surface area (Å²) in [5.41, 5.74) is 1.40. The van der Waals surface area contributed by atoms with Gasteiger partial charge in [0.25, 0.3) is 0 Å². The Labute approximate surface area is 142 Å². The molecule has 0 aliphatic carbocycles. The van der Waals surface area contributed by atoms with Crippen molar-refractivity contribution in [3.05, 3.63) is 55.1 Å². The van der Waals surface area contributed by atoms with Gasteiger partial charge in [0.2, 0.25) is 0 Å². The maximum atomic E-state index is 3.64. The Balaban J connectivity index is 2.05. The molecule has 0 radical (unpaired) electrons. The van der Waals surface area contributed by atoms with Crippen LogP contribution in [-0.4, -0.2) is 13.1 Å². The van der Waals surface area contributed by atoms with E-state index in [2.05, 4.69) is 79.8 Å². The first kappa shape index (κ1) is 16.2. The highest BCUT2D eigenvalue weighted by atomic mass is 79.9. The minimum atomic E-state index is 0.624. The lowest BCUT2D eigenvalue weighted by Gasteiger charge is -2.17. The van der Waals surface area contributed by atoms with Crippen LogP contribution in [0.15, 0.2) is 44.7 Å². The fourth-order valence-electron chi connectivity index (χ4n) is 2.30. The first-order chi connectivity index (χ1) is 9.69. The molecule has 1 atom stereocenters. The van der Waals surface area contributed by atoms with Crippen LogP contribution < -0.4 is 5.32 Å². The summed E-state index contributed by atoms with van der Waals surface area (Å²) < 4.78 is 2.41. The third-order valence-corrected chi connectivity index (χ3v) is 5.70. The first-order valence-corrected chi connectivity index (χ1v) is 9.32. The molecule has 0 spiro atoms. The van der Waals surface area contributed by atoms with Crippen LogP contribution in [0.5, 0.6) is 0 Å². The number of halogens is 2. The number of rotatable bonds is 7. The smallest absolute Gasteiger partial charge is 0.0314 e. The topological polar surface area (TPSA) is 12.0 Å². The molecule has 0 fully saturated rings. The molecule has 0 aliphatic heterocycles. The number of thiophene rings is 1. The zero-order valence-electron chi connectivity index (χ0n) is 11.5. The fraction of sp³-hybridized carbons (Fsp3) is 0.375. The summed E-state index contributed by atoms with van der Waals surface area (Å²) in [5, 5.41) is 5.65. The van der Waals surface area contributed by atoms with Gasteiger partial charge in [-0.05, 0) is 76.9 Å². The highest BCUT2D eigenvalue weighted by molar-refractivity contribution is 9.10. The molecule has 1 N–H and O–H groups in total. The molecule has 0 amide bonds. The van der Waals surface area contributed by atoms with Crippen LogP contribution >= 0.6 is 43.2 Å². The molecule has 2 aromatic rings. The summed E-state index contributed by atoms with van der Waals surface area (Å²) in [7, 11) is 0. The van der Waals surface area contributed by atoms with Crippen molar-refractivity contribution in [1.82, 2.24) is 5.32 Å². The van der Waals surface area contributed by atoms with Crippen molar-refractivity contribution in [1.29, 1.82) is 0 Å². The van der Waals surface area contributed by atoms with Crippen LogP contribution in [0.3, 0.4) is 0 Å². The van der Waals surface area contributed by atoms with E-state index >= 15 is 0 Å². The molecule has 108 valence electrons. The number of nitrogens with one attached hydrogen (secondary N) is 1. The molecule has 4 heteroatoms. The third kappa shape index (κ3) is 4.99. The second kappa shape index (κ2) is 8.32. The summed E-state index contributed by atoms with van der Waals surface area (Å²) in [6.45, 7) is 4.26. The van der Waals surface area contributed by atoms with Crippen molar-refractivity contribution >= 4 is 43.2 Å². The van der Waals surface area contributed by atoms with Gasteiger partial charge >= 0.3 is 0 Å². The van der Waals surface area contributed by atoms with E-state index < -0.39 is 0 Å². The van der Waals surface area contributed by atoms with E-state index in [1.54, 1.807) is 0 Å². The largest absolute Gasteiger partial charge is 0.317 e. The average Bonchev–Trinajstić information content (AvgIpc) is 2.82. The maximum Gasteiger partial charge on any atom is 0.0314 e. The molecule has 1 unspecified atom stereocenters. The molecule has 20 heavy (non-hydrogen) atoms. The Morgan fingerprint density at radius 2 is 2.05 bits per heavy atom. The van der Waals surface area contributed by atoms with Gasteiger partial charge in [0, 0.05) is 13.8 Å². The van der Waals surface area contributed by atoms with Gasteiger partial charge in [-0.15, -0.1) is 11.3 Å². The molecule has 1 aromatic carbocycles. The van der Waals surface area contributed by atoms with Crippen LogP contribution in [0.1, 0.15) is 17.4 Å². The normalized spacial score (nSPS) is 12.6. The van der Waals surface area contributed by atoms with Gasteiger partial charge in [0.1, 0.15) is 0 Å². The zero-order valence-corrected chi connectivity index (χ0v) is 15.5. The van der Waals surface area contributed by atoms with Crippen LogP contribution in [-0.2, 0) is 12.8 Å². The lowest BCUT2D eigenvalue weighted by atomic mass is 9.95.